The summed E-state index contributed by atoms with van der Waals surface area (Å²) in [5.74, 6) is 0.741. The van der Waals surface area contributed by atoms with E-state index in [2.05, 4.69) is 15.2 Å². The summed E-state index contributed by atoms with van der Waals surface area (Å²) in [5.41, 5.74) is 7.76. The Morgan fingerprint density at radius 2 is 1.84 bits per heavy atom. The van der Waals surface area contributed by atoms with E-state index in [1.54, 1.807) is 47.1 Å². The third-order valence-electron chi connectivity index (χ3n) is 7.99. The Labute approximate surface area is 258 Å². The first-order valence-corrected chi connectivity index (χ1v) is 14.7. The maximum atomic E-state index is 14.5. The molecule has 4 aromatic rings. The van der Waals surface area contributed by atoms with Gasteiger partial charge in [0.05, 0.1) is 29.6 Å². The number of carbonyl (C=O) groups excluding carboxylic acids is 1. The molecule has 0 radical (unpaired) electrons. The van der Waals surface area contributed by atoms with Gasteiger partial charge in [0.1, 0.15) is 12.2 Å². The summed E-state index contributed by atoms with van der Waals surface area (Å²) in [7, 11) is 0. The summed E-state index contributed by atoms with van der Waals surface area (Å²) >= 11 is 6.60. The highest BCUT2D eigenvalue weighted by molar-refractivity contribution is 6.32. The number of hydrogen-bond donors (Lipinski definition) is 2. The number of aliphatic imine (C=N–C) groups is 1. The van der Waals surface area contributed by atoms with Gasteiger partial charge in [-0.3, -0.25) is 9.69 Å². The number of alkyl halides is 2. The van der Waals surface area contributed by atoms with Crippen LogP contribution in [-0.4, -0.2) is 53.0 Å². The molecule has 2 atom stereocenters. The Bertz CT molecular complexity index is 1720. The first kappa shape index (κ1) is 29.9. The topological polar surface area (TPSA) is 127 Å². The minimum Gasteiger partial charge on any atom is -0.394 e. The van der Waals surface area contributed by atoms with Crippen molar-refractivity contribution in [3.63, 3.8) is 0 Å². The van der Waals surface area contributed by atoms with Gasteiger partial charge in [0.25, 0.3) is 5.91 Å². The fraction of sp³-hybridized carbons (Fsp3) is 0.387. The van der Waals surface area contributed by atoms with Crippen LogP contribution in [0.15, 0.2) is 66.2 Å². The number of benzene rings is 2. The fourth-order valence-electron chi connectivity index (χ4n) is 5.90. The maximum Gasteiger partial charge on any atom is 0.333 e. The van der Waals surface area contributed by atoms with E-state index in [1.165, 1.54) is 23.6 Å². The molecule has 0 spiro atoms. The highest BCUT2D eigenvalue weighted by atomic mass is 35.5. The van der Waals surface area contributed by atoms with Crippen LogP contribution in [0, 0.1) is 5.41 Å². The lowest BCUT2D eigenvalue weighted by atomic mass is 9.75. The van der Waals surface area contributed by atoms with Gasteiger partial charge < -0.3 is 10.8 Å². The highest BCUT2D eigenvalue weighted by Crippen LogP contribution is 2.45. The Kier molecular flexibility index (Phi) is 7.53. The number of amides is 1. The first-order chi connectivity index (χ1) is 20.9. The van der Waals surface area contributed by atoms with Gasteiger partial charge in [-0.2, -0.15) is 19.0 Å². The third-order valence-corrected chi connectivity index (χ3v) is 8.31. The van der Waals surface area contributed by atoms with Gasteiger partial charge in [0, 0.05) is 17.7 Å². The molecule has 1 aliphatic heterocycles. The zero-order valence-corrected chi connectivity index (χ0v) is 25.3. The number of nitrogens with two attached hydrogens (primary N) is 1. The number of carbonyl (C=O) groups is 1. The minimum absolute atomic E-state index is 0.0171. The second kappa shape index (κ2) is 11.1. The van der Waals surface area contributed by atoms with Crippen LogP contribution in [0.5, 0.6) is 0 Å². The monoisotopic (exact) mass is 622 g/mol. The lowest BCUT2D eigenvalue weighted by Crippen LogP contribution is -2.47. The summed E-state index contributed by atoms with van der Waals surface area (Å²) in [4.78, 5) is 25.1. The Morgan fingerprint density at radius 3 is 2.45 bits per heavy atom. The number of aromatic nitrogens is 5. The standard InChI is InChI=1S/C31H33ClF2N8O2/c1-30(2,3)16-31(22-9-6-18(7-10-22)21-13-37-40(14-21)28(33)34)27(44)41(29(35)39-31)25(15-43)20-8-11-23(32)24(12-20)42-26(19-4-5-19)36-17-38-42/h6-14,17,19,25,28,43H,4-5,15-16H2,1-3H3,(H2,35,39)/t25-,31-/m1/s1. The SMILES string of the molecule is CC(C)(C)C[C@]1(c2ccc(-c3cnn(C(F)F)c3)cc2)N=C(N)N([C@H](CO)c2ccc(Cl)c(-n3ncnc3C3CC3)c2)C1=O. The van der Waals surface area contributed by atoms with Crippen LogP contribution in [0.4, 0.5) is 8.78 Å². The Hall–Kier alpha value is -4.16. The number of hydrogen-bond acceptors (Lipinski definition) is 7. The van der Waals surface area contributed by atoms with Crippen LogP contribution in [0.1, 0.15) is 75.5 Å². The van der Waals surface area contributed by atoms with Crippen LogP contribution in [0.3, 0.4) is 0 Å². The molecule has 3 heterocycles. The molecular formula is C31H33ClF2N8O2. The van der Waals surface area contributed by atoms with Crippen molar-refractivity contribution in [2.45, 2.75) is 64.1 Å². The van der Waals surface area contributed by atoms with E-state index >= 15 is 0 Å². The molecule has 0 bridgehead atoms. The van der Waals surface area contributed by atoms with Crippen molar-refractivity contribution in [2.24, 2.45) is 16.1 Å². The molecule has 0 saturated heterocycles. The normalized spacial score (nSPS) is 19.6. The first-order valence-electron chi connectivity index (χ1n) is 14.3. The molecule has 13 heteroatoms. The summed E-state index contributed by atoms with van der Waals surface area (Å²) in [5, 5.41) is 19.2. The van der Waals surface area contributed by atoms with E-state index in [9.17, 15) is 18.7 Å². The van der Waals surface area contributed by atoms with Gasteiger partial charge in [-0.15, -0.1) is 0 Å². The van der Waals surface area contributed by atoms with Gasteiger partial charge in [-0.05, 0) is 53.5 Å². The molecule has 1 aliphatic carbocycles. The molecule has 0 unspecified atom stereocenters. The largest absolute Gasteiger partial charge is 0.394 e. The van der Waals surface area contributed by atoms with Gasteiger partial charge in [-0.25, -0.2) is 19.3 Å². The molecule has 6 rings (SSSR count). The van der Waals surface area contributed by atoms with Crippen LogP contribution < -0.4 is 5.73 Å². The molecule has 2 aliphatic rings. The highest BCUT2D eigenvalue weighted by Gasteiger charge is 2.53. The average molecular weight is 623 g/mol. The van der Waals surface area contributed by atoms with Gasteiger partial charge in [0.2, 0.25) is 0 Å². The molecule has 1 saturated carbocycles. The second-order valence-electron chi connectivity index (χ2n) is 12.5. The molecule has 230 valence electrons. The fourth-order valence-corrected chi connectivity index (χ4v) is 6.10. The molecule has 2 aromatic carbocycles. The summed E-state index contributed by atoms with van der Waals surface area (Å²) in [6.07, 6.45) is 6.51. The molecule has 1 fully saturated rings. The second-order valence-corrected chi connectivity index (χ2v) is 12.9. The Balaban J connectivity index is 1.37. The molecule has 3 N–H and O–H groups in total. The zero-order valence-electron chi connectivity index (χ0n) is 24.5. The smallest absolute Gasteiger partial charge is 0.333 e. The molecule has 2 aromatic heterocycles. The van der Waals surface area contributed by atoms with Gasteiger partial charge >= 0.3 is 6.55 Å². The number of guanidine groups is 1. The quantitative estimate of drug-likeness (QED) is 0.251. The van der Waals surface area contributed by atoms with E-state index in [-0.39, 0.29) is 17.3 Å². The lowest BCUT2D eigenvalue weighted by molar-refractivity contribution is -0.135. The van der Waals surface area contributed by atoms with Crippen molar-refractivity contribution >= 4 is 23.5 Å². The maximum absolute atomic E-state index is 14.5. The predicted molar refractivity (Wildman–Crippen MR) is 161 cm³/mol. The van der Waals surface area contributed by atoms with Crippen molar-refractivity contribution in [3.05, 3.63) is 83.2 Å². The van der Waals surface area contributed by atoms with Crippen LogP contribution in [-0.2, 0) is 10.3 Å². The molecule has 44 heavy (non-hydrogen) atoms. The van der Waals surface area contributed by atoms with E-state index in [0.717, 1.165) is 18.7 Å². The van der Waals surface area contributed by atoms with E-state index in [4.69, 9.17) is 22.3 Å². The van der Waals surface area contributed by atoms with E-state index < -0.39 is 24.7 Å². The van der Waals surface area contributed by atoms with Crippen molar-refractivity contribution < 1.29 is 18.7 Å². The van der Waals surface area contributed by atoms with E-state index in [0.29, 0.717) is 50.0 Å². The summed E-state index contributed by atoms with van der Waals surface area (Å²) in [6, 6.07) is 11.4. The molecule has 10 nitrogen and oxygen atoms in total. The number of aliphatic hydroxyl groups excluding tert-OH is 1. The average Bonchev–Trinajstić information content (AvgIpc) is 3.39. The number of aliphatic hydroxyl groups is 1. The number of nitrogens with zero attached hydrogens (tertiary/aromatic N) is 7. The molecule has 1 amide bonds. The Morgan fingerprint density at radius 1 is 1.11 bits per heavy atom. The van der Waals surface area contributed by atoms with Gasteiger partial charge in [0.15, 0.2) is 11.5 Å². The summed E-state index contributed by atoms with van der Waals surface area (Å²) < 4.78 is 28.4. The lowest BCUT2D eigenvalue weighted by Gasteiger charge is -2.34. The summed E-state index contributed by atoms with van der Waals surface area (Å²) in [6.45, 7) is 2.86. The third kappa shape index (κ3) is 5.36. The van der Waals surface area contributed by atoms with Crippen molar-refractivity contribution in [2.75, 3.05) is 6.61 Å². The van der Waals surface area contributed by atoms with Gasteiger partial charge in [-0.1, -0.05) is 62.7 Å². The molecular weight excluding hydrogens is 590 g/mol. The zero-order chi connectivity index (χ0) is 31.4. The van der Waals surface area contributed by atoms with Crippen molar-refractivity contribution in [1.29, 1.82) is 0 Å². The van der Waals surface area contributed by atoms with Crippen LogP contribution >= 0.6 is 11.6 Å². The van der Waals surface area contributed by atoms with Crippen molar-refractivity contribution in [3.8, 4) is 16.8 Å². The number of rotatable bonds is 9. The van der Waals surface area contributed by atoms with E-state index in [1.807, 2.05) is 20.8 Å². The number of halogens is 3. The minimum atomic E-state index is -2.75. The van der Waals surface area contributed by atoms with Crippen LogP contribution in [0.2, 0.25) is 5.02 Å². The van der Waals surface area contributed by atoms with Crippen molar-refractivity contribution in [1.82, 2.24) is 29.4 Å². The van der Waals surface area contributed by atoms with Crippen LogP contribution in [0.25, 0.3) is 16.8 Å². The predicted octanol–water partition coefficient (Wildman–Crippen LogP) is 5.58.